The van der Waals surface area contributed by atoms with Crippen LogP contribution in [0.3, 0.4) is 0 Å². The molecule has 0 atom stereocenters. The normalized spacial score (nSPS) is 14.5. The summed E-state index contributed by atoms with van der Waals surface area (Å²) in [6.07, 6.45) is 6.10. The highest BCUT2D eigenvalue weighted by molar-refractivity contribution is 6.36. The average molecular weight is 354 g/mol. The first kappa shape index (κ1) is 14.7. The molecule has 25 heavy (non-hydrogen) atoms. The lowest BCUT2D eigenvalue weighted by Gasteiger charge is -2.04. The van der Waals surface area contributed by atoms with Gasteiger partial charge in [0.2, 0.25) is 0 Å². The van der Waals surface area contributed by atoms with Gasteiger partial charge in [0, 0.05) is 36.8 Å². The highest BCUT2D eigenvalue weighted by atomic mass is 35.5. The van der Waals surface area contributed by atoms with Crippen molar-refractivity contribution in [3.05, 3.63) is 53.1 Å². The van der Waals surface area contributed by atoms with Crippen molar-refractivity contribution in [1.29, 1.82) is 0 Å². The summed E-state index contributed by atoms with van der Waals surface area (Å²) in [5.74, 6) is 2.32. The summed E-state index contributed by atoms with van der Waals surface area (Å²) in [7, 11) is 1.91. The zero-order chi connectivity index (χ0) is 17.0. The number of aromatic nitrogens is 5. The zero-order valence-electron chi connectivity index (χ0n) is 13.7. The summed E-state index contributed by atoms with van der Waals surface area (Å²) in [5, 5.41) is 10.4. The Morgan fingerprint density at radius 2 is 2.20 bits per heavy atom. The van der Waals surface area contributed by atoms with Gasteiger partial charge in [-0.2, -0.15) is 5.10 Å². The molecule has 7 heteroatoms. The molecule has 0 amide bonds. The first-order valence-electron chi connectivity index (χ1n) is 8.29. The van der Waals surface area contributed by atoms with Gasteiger partial charge < -0.3 is 9.09 Å². The fourth-order valence-corrected chi connectivity index (χ4v) is 3.48. The third-order valence-electron chi connectivity index (χ3n) is 4.64. The minimum atomic E-state index is 0.557. The summed E-state index contributed by atoms with van der Waals surface area (Å²) >= 11 is 6.43. The predicted octanol–water partition coefficient (Wildman–Crippen LogP) is 4.00. The van der Waals surface area contributed by atoms with Crippen molar-refractivity contribution >= 4 is 22.5 Å². The SMILES string of the molecule is Cn1nc(-c2nccn2Cc2cc(C3CC3)on2)c2c(Cl)cccc21. The minimum absolute atomic E-state index is 0.557. The number of nitrogens with zero attached hydrogens (tertiary/aromatic N) is 5. The number of fused-ring (bicyclic) bond motifs is 1. The van der Waals surface area contributed by atoms with Crippen molar-refractivity contribution in [2.75, 3.05) is 0 Å². The van der Waals surface area contributed by atoms with Crippen LogP contribution < -0.4 is 0 Å². The van der Waals surface area contributed by atoms with E-state index >= 15 is 0 Å². The van der Waals surface area contributed by atoms with E-state index in [0.717, 1.165) is 33.9 Å². The van der Waals surface area contributed by atoms with Gasteiger partial charge in [0.25, 0.3) is 0 Å². The van der Waals surface area contributed by atoms with Gasteiger partial charge in [0.15, 0.2) is 5.82 Å². The number of imidazole rings is 1. The van der Waals surface area contributed by atoms with Crippen LogP contribution in [0.5, 0.6) is 0 Å². The smallest absolute Gasteiger partial charge is 0.161 e. The molecule has 0 N–H and O–H groups in total. The van der Waals surface area contributed by atoms with Crippen LogP contribution in [0.4, 0.5) is 0 Å². The predicted molar refractivity (Wildman–Crippen MR) is 94.5 cm³/mol. The number of hydrogen-bond donors (Lipinski definition) is 0. The molecule has 3 aromatic heterocycles. The Morgan fingerprint density at radius 1 is 1.32 bits per heavy atom. The van der Waals surface area contributed by atoms with E-state index in [1.165, 1.54) is 12.8 Å². The van der Waals surface area contributed by atoms with E-state index in [1.54, 1.807) is 6.20 Å². The van der Waals surface area contributed by atoms with E-state index < -0.39 is 0 Å². The molecule has 1 aliphatic rings. The van der Waals surface area contributed by atoms with Gasteiger partial charge in [-0.1, -0.05) is 22.8 Å². The van der Waals surface area contributed by atoms with E-state index in [-0.39, 0.29) is 0 Å². The van der Waals surface area contributed by atoms with Crippen LogP contribution in [0.15, 0.2) is 41.2 Å². The molecule has 1 aliphatic carbocycles. The van der Waals surface area contributed by atoms with Crippen LogP contribution >= 0.6 is 11.6 Å². The number of halogens is 1. The van der Waals surface area contributed by atoms with Crippen molar-refractivity contribution in [3.63, 3.8) is 0 Å². The maximum atomic E-state index is 6.43. The van der Waals surface area contributed by atoms with Crippen molar-refractivity contribution in [2.24, 2.45) is 7.05 Å². The van der Waals surface area contributed by atoms with Crippen molar-refractivity contribution in [2.45, 2.75) is 25.3 Å². The van der Waals surface area contributed by atoms with E-state index in [9.17, 15) is 0 Å². The quantitative estimate of drug-likeness (QED) is 0.556. The molecule has 1 aromatic carbocycles. The summed E-state index contributed by atoms with van der Waals surface area (Å²) < 4.78 is 9.31. The van der Waals surface area contributed by atoms with Crippen LogP contribution in [0.25, 0.3) is 22.4 Å². The second-order valence-electron chi connectivity index (χ2n) is 6.48. The highest BCUT2D eigenvalue weighted by Crippen LogP contribution is 2.40. The van der Waals surface area contributed by atoms with Gasteiger partial charge in [-0.25, -0.2) is 4.98 Å². The zero-order valence-corrected chi connectivity index (χ0v) is 14.4. The lowest BCUT2D eigenvalue weighted by Crippen LogP contribution is -2.02. The fourth-order valence-electron chi connectivity index (χ4n) is 3.22. The van der Waals surface area contributed by atoms with E-state index in [2.05, 4.69) is 15.2 Å². The van der Waals surface area contributed by atoms with Gasteiger partial charge >= 0.3 is 0 Å². The minimum Gasteiger partial charge on any atom is -0.361 e. The summed E-state index contributed by atoms with van der Waals surface area (Å²) in [5.41, 5.74) is 2.65. The number of hydrogen-bond acceptors (Lipinski definition) is 4. The number of rotatable bonds is 4. The van der Waals surface area contributed by atoms with Gasteiger partial charge in [-0.15, -0.1) is 0 Å². The van der Waals surface area contributed by atoms with Gasteiger partial charge in [-0.3, -0.25) is 4.68 Å². The molecule has 6 nitrogen and oxygen atoms in total. The molecule has 0 unspecified atom stereocenters. The molecule has 0 spiro atoms. The Bertz CT molecular complexity index is 1070. The third-order valence-corrected chi connectivity index (χ3v) is 4.96. The van der Waals surface area contributed by atoms with Crippen molar-refractivity contribution < 1.29 is 4.52 Å². The summed E-state index contributed by atoms with van der Waals surface area (Å²) in [4.78, 5) is 4.51. The Hall–Kier alpha value is -2.60. The van der Waals surface area contributed by atoms with Crippen molar-refractivity contribution in [1.82, 2.24) is 24.5 Å². The Labute approximate surface area is 149 Å². The molecular formula is C18H16ClN5O. The molecule has 1 saturated carbocycles. The molecule has 3 heterocycles. The average Bonchev–Trinajstić information content (AvgIpc) is 3.02. The Kier molecular flexibility index (Phi) is 3.21. The highest BCUT2D eigenvalue weighted by Gasteiger charge is 2.28. The van der Waals surface area contributed by atoms with Crippen LogP contribution in [0, 0.1) is 0 Å². The number of aryl methyl sites for hydroxylation is 1. The molecule has 4 aromatic rings. The first-order valence-corrected chi connectivity index (χ1v) is 8.66. The first-order chi connectivity index (χ1) is 12.2. The molecule has 0 radical (unpaired) electrons. The van der Waals surface area contributed by atoms with E-state index in [4.69, 9.17) is 16.1 Å². The van der Waals surface area contributed by atoms with Gasteiger partial charge in [0.05, 0.1) is 17.1 Å². The molecule has 0 saturated heterocycles. The van der Waals surface area contributed by atoms with Gasteiger partial charge in [-0.05, 0) is 25.0 Å². The van der Waals surface area contributed by atoms with Crippen LogP contribution in [-0.4, -0.2) is 24.5 Å². The van der Waals surface area contributed by atoms with E-state index in [1.807, 2.05) is 46.8 Å². The van der Waals surface area contributed by atoms with Crippen LogP contribution in [-0.2, 0) is 13.6 Å². The number of benzene rings is 1. The van der Waals surface area contributed by atoms with Crippen LogP contribution in [0.1, 0.15) is 30.2 Å². The molecule has 0 aliphatic heterocycles. The second kappa shape index (κ2) is 5.46. The largest absolute Gasteiger partial charge is 0.361 e. The maximum Gasteiger partial charge on any atom is 0.161 e. The lowest BCUT2D eigenvalue weighted by atomic mass is 10.2. The third kappa shape index (κ3) is 2.44. The molecule has 1 fully saturated rings. The fraction of sp³-hybridized carbons (Fsp3) is 0.278. The van der Waals surface area contributed by atoms with Crippen molar-refractivity contribution in [3.8, 4) is 11.5 Å². The van der Waals surface area contributed by atoms with E-state index in [0.29, 0.717) is 17.5 Å². The monoisotopic (exact) mass is 353 g/mol. The molecular weight excluding hydrogens is 338 g/mol. The maximum absolute atomic E-state index is 6.43. The molecule has 5 rings (SSSR count). The standard InChI is InChI=1S/C18H16ClN5O/c1-23-14-4-2-3-13(19)16(14)17(21-23)18-20-7-8-24(18)10-12-9-15(25-22-12)11-5-6-11/h2-4,7-9,11H,5-6,10H2,1H3. The molecule has 0 bridgehead atoms. The Balaban J connectivity index is 1.56. The van der Waals surface area contributed by atoms with Gasteiger partial charge in [0.1, 0.15) is 17.1 Å². The van der Waals surface area contributed by atoms with Crippen LogP contribution in [0.2, 0.25) is 5.02 Å². The Morgan fingerprint density at radius 3 is 3.04 bits per heavy atom. The molecule has 126 valence electrons. The summed E-state index contributed by atoms with van der Waals surface area (Å²) in [6, 6.07) is 7.86. The second-order valence-corrected chi connectivity index (χ2v) is 6.89. The lowest BCUT2D eigenvalue weighted by molar-refractivity contribution is 0.377. The topological polar surface area (TPSA) is 61.7 Å². The summed E-state index contributed by atoms with van der Waals surface area (Å²) in [6.45, 7) is 0.591.